The average molecular weight is 648 g/mol. The summed E-state index contributed by atoms with van der Waals surface area (Å²) in [6.45, 7) is 3.36. The van der Waals surface area contributed by atoms with Crippen molar-refractivity contribution in [3.05, 3.63) is 125 Å². The Morgan fingerprint density at radius 3 is 2.11 bits per heavy atom. The quantitative estimate of drug-likeness (QED) is 0.179. The molecule has 4 aromatic rings. The van der Waals surface area contributed by atoms with Crippen LogP contribution in [-0.2, 0) is 32.6 Å². The lowest BCUT2D eigenvalue weighted by molar-refractivity contribution is -0.140. The predicted octanol–water partition coefficient (Wildman–Crippen LogP) is 6.10. The van der Waals surface area contributed by atoms with Crippen LogP contribution >= 0.6 is 11.6 Å². The number of carbonyl (C=O) groups excluding carboxylic acids is 2. The third kappa shape index (κ3) is 8.86. The smallest absolute Gasteiger partial charge is 0.264 e. The van der Waals surface area contributed by atoms with E-state index in [9.17, 15) is 18.0 Å². The first kappa shape index (κ1) is 33.6. The van der Waals surface area contributed by atoms with Crippen LogP contribution in [0.4, 0.5) is 5.69 Å². The largest absolute Gasteiger partial charge is 0.497 e. The third-order valence-corrected chi connectivity index (χ3v) is 9.52. The van der Waals surface area contributed by atoms with Crippen molar-refractivity contribution in [3.8, 4) is 5.75 Å². The van der Waals surface area contributed by atoms with Gasteiger partial charge in [0, 0.05) is 24.0 Å². The molecule has 4 rings (SSSR count). The highest BCUT2D eigenvalue weighted by molar-refractivity contribution is 7.92. The molecule has 0 saturated carbocycles. The first-order chi connectivity index (χ1) is 21.6. The lowest BCUT2D eigenvalue weighted by atomic mass is 10.0. The molecule has 0 aliphatic carbocycles. The van der Waals surface area contributed by atoms with Gasteiger partial charge in [-0.25, -0.2) is 8.42 Å². The van der Waals surface area contributed by atoms with Gasteiger partial charge in [-0.1, -0.05) is 79.2 Å². The Kier molecular flexibility index (Phi) is 11.6. The number of nitrogens with zero attached hydrogens (tertiary/aromatic N) is 2. The van der Waals surface area contributed by atoms with Crippen molar-refractivity contribution < 1.29 is 22.7 Å². The highest BCUT2D eigenvalue weighted by Crippen LogP contribution is 2.26. The van der Waals surface area contributed by atoms with Gasteiger partial charge >= 0.3 is 0 Å². The summed E-state index contributed by atoms with van der Waals surface area (Å²) < 4.78 is 34.5. The molecule has 0 spiro atoms. The van der Waals surface area contributed by atoms with Gasteiger partial charge in [-0.15, -0.1) is 0 Å². The molecule has 1 N–H and O–H groups in total. The predicted molar refractivity (Wildman–Crippen MR) is 178 cm³/mol. The van der Waals surface area contributed by atoms with Gasteiger partial charge in [0.15, 0.2) is 0 Å². The van der Waals surface area contributed by atoms with Gasteiger partial charge in [0.25, 0.3) is 10.0 Å². The highest BCUT2D eigenvalue weighted by Gasteiger charge is 2.35. The summed E-state index contributed by atoms with van der Waals surface area (Å²) in [6, 6.07) is 29.8. The molecule has 236 valence electrons. The molecule has 2 amide bonds. The number of sulfonamides is 1. The molecule has 0 aliphatic rings. The molecule has 2 atom stereocenters. The lowest BCUT2D eigenvalue weighted by Gasteiger charge is -2.34. The van der Waals surface area contributed by atoms with E-state index in [2.05, 4.69) is 5.32 Å². The van der Waals surface area contributed by atoms with Crippen LogP contribution in [0.5, 0.6) is 5.75 Å². The molecular formula is C35H38ClN3O5S. The maximum absolute atomic E-state index is 14.5. The summed E-state index contributed by atoms with van der Waals surface area (Å²) >= 11 is 6.13. The standard InChI is InChI=1S/C35H38ClN3O5S/c1-4-26(2)37-35(41)33(23-27-12-7-5-8-13-27)38(24-28-14-11-15-31(22-28)44-3)34(40)25-39(30-20-18-29(36)19-21-30)45(42,43)32-16-9-6-10-17-32/h5-22,26,33H,4,23-25H2,1-3H3,(H,37,41)/t26-,33+/m1/s1. The molecule has 0 heterocycles. The van der Waals surface area contributed by atoms with Crippen LogP contribution in [-0.4, -0.2) is 50.9 Å². The van der Waals surface area contributed by atoms with Crippen LogP contribution in [0.1, 0.15) is 31.4 Å². The van der Waals surface area contributed by atoms with Gasteiger partial charge in [0.05, 0.1) is 17.7 Å². The summed E-state index contributed by atoms with van der Waals surface area (Å²) in [4.78, 5) is 29.9. The van der Waals surface area contributed by atoms with E-state index >= 15 is 0 Å². The zero-order valence-corrected chi connectivity index (χ0v) is 27.2. The zero-order chi connectivity index (χ0) is 32.4. The minimum atomic E-state index is -4.18. The first-order valence-corrected chi connectivity index (χ1v) is 16.5. The molecule has 8 nitrogen and oxygen atoms in total. The summed E-state index contributed by atoms with van der Waals surface area (Å²) in [5.74, 6) is -0.279. The first-order valence-electron chi connectivity index (χ1n) is 14.7. The third-order valence-electron chi connectivity index (χ3n) is 7.48. The Labute approximate surface area is 270 Å². The molecular weight excluding hydrogens is 610 g/mol. The summed E-state index contributed by atoms with van der Waals surface area (Å²) in [5, 5.41) is 3.46. The van der Waals surface area contributed by atoms with Gasteiger partial charge in [0.2, 0.25) is 11.8 Å². The van der Waals surface area contributed by atoms with Gasteiger partial charge in [-0.05, 0) is 73.0 Å². The van der Waals surface area contributed by atoms with E-state index in [0.29, 0.717) is 17.2 Å². The van der Waals surface area contributed by atoms with Gasteiger partial charge < -0.3 is 15.0 Å². The van der Waals surface area contributed by atoms with Gasteiger partial charge in [-0.3, -0.25) is 13.9 Å². The van der Waals surface area contributed by atoms with E-state index in [4.69, 9.17) is 16.3 Å². The minimum absolute atomic E-state index is 0.0300. The molecule has 0 saturated heterocycles. The fourth-order valence-electron chi connectivity index (χ4n) is 4.82. The number of hydrogen-bond donors (Lipinski definition) is 1. The maximum Gasteiger partial charge on any atom is 0.264 e. The maximum atomic E-state index is 14.5. The number of methoxy groups -OCH3 is 1. The zero-order valence-electron chi connectivity index (χ0n) is 25.6. The number of amides is 2. The van der Waals surface area contributed by atoms with Crippen molar-refractivity contribution in [3.63, 3.8) is 0 Å². The Morgan fingerprint density at radius 2 is 1.49 bits per heavy atom. The lowest BCUT2D eigenvalue weighted by Crippen LogP contribution is -2.54. The Bertz CT molecular complexity index is 1670. The van der Waals surface area contributed by atoms with E-state index in [1.54, 1.807) is 61.7 Å². The minimum Gasteiger partial charge on any atom is -0.497 e. The Balaban J connectivity index is 1.81. The molecule has 0 aromatic heterocycles. The Morgan fingerprint density at radius 1 is 0.867 bits per heavy atom. The van der Waals surface area contributed by atoms with E-state index < -0.39 is 28.5 Å². The van der Waals surface area contributed by atoms with E-state index in [1.807, 2.05) is 56.3 Å². The molecule has 0 unspecified atom stereocenters. The van der Waals surface area contributed by atoms with Crippen molar-refractivity contribution in [1.82, 2.24) is 10.2 Å². The van der Waals surface area contributed by atoms with Crippen molar-refractivity contribution in [2.45, 2.75) is 50.2 Å². The molecule has 0 bridgehead atoms. The SMILES string of the molecule is CC[C@@H](C)NC(=O)[C@H](Cc1ccccc1)N(Cc1cccc(OC)c1)C(=O)CN(c1ccc(Cl)cc1)S(=O)(=O)c1ccccc1. The van der Waals surface area contributed by atoms with Gasteiger partial charge in [0.1, 0.15) is 18.3 Å². The van der Waals surface area contributed by atoms with Crippen LogP contribution in [0.3, 0.4) is 0 Å². The molecule has 45 heavy (non-hydrogen) atoms. The van der Waals surface area contributed by atoms with Crippen molar-refractivity contribution >= 4 is 39.1 Å². The van der Waals surface area contributed by atoms with Crippen LogP contribution in [0, 0.1) is 0 Å². The summed E-state index contributed by atoms with van der Waals surface area (Å²) in [5.41, 5.74) is 1.85. The number of hydrogen-bond acceptors (Lipinski definition) is 5. The molecule has 0 radical (unpaired) electrons. The van der Waals surface area contributed by atoms with Crippen LogP contribution in [0.25, 0.3) is 0 Å². The number of ether oxygens (including phenoxy) is 1. The number of halogens is 1. The fraction of sp³-hybridized carbons (Fsp3) is 0.257. The van der Waals surface area contributed by atoms with Crippen LogP contribution in [0.15, 0.2) is 114 Å². The molecule has 4 aromatic carbocycles. The molecule has 0 aliphatic heterocycles. The van der Waals surface area contributed by atoms with Crippen molar-refractivity contribution in [1.29, 1.82) is 0 Å². The second-order valence-electron chi connectivity index (χ2n) is 10.7. The van der Waals surface area contributed by atoms with E-state index in [-0.39, 0.29) is 35.5 Å². The summed E-state index contributed by atoms with van der Waals surface area (Å²) in [7, 11) is -2.63. The van der Waals surface area contributed by atoms with Crippen LogP contribution < -0.4 is 14.4 Å². The number of nitrogens with one attached hydrogen (secondary N) is 1. The number of anilines is 1. The monoisotopic (exact) mass is 647 g/mol. The number of rotatable bonds is 14. The van der Waals surface area contributed by atoms with E-state index in [1.165, 1.54) is 17.0 Å². The van der Waals surface area contributed by atoms with E-state index in [0.717, 1.165) is 15.4 Å². The fourth-order valence-corrected chi connectivity index (χ4v) is 6.38. The van der Waals surface area contributed by atoms with Crippen molar-refractivity contribution in [2.75, 3.05) is 18.0 Å². The summed E-state index contributed by atoms with van der Waals surface area (Å²) in [6.07, 6.45) is 0.929. The average Bonchev–Trinajstić information content (AvgIpc) is 3.06. The van der Waals surface area contributed by atoms with Crippen LogP contribution in [0.2, 0.25) is 5.02 Å². The highest BCUT2D eigenvalue weighted by atomic mass is 35.5. The second-order valence-corrected chi connectivity index (χ2v) is 13.0. The topological polar surface area (TPSA) is 96.0 Å². The van der Waals surface area contributed by atoms with Crippen molar-refractivity contribution in [2.24, 2.45) is 0 Å². The second kappa shape index (κ2) is 15.6. The Hall–Kier alpha value is -4.34. The number of carbonyl (C=O) groups is 2. The normalized spacial score (nSPS) is 12.5. The molecule has 10 heteroatoms. The van der Waals surface area contributed by atoms with Gasteiger partial charge in [-0.2, -0.15) is 0 Å². The number of benzene rings is 4. The molecule has 0 fully saturated rings.